The van der Waals surface area contributed by atoms with E-state index in [0.717, 1.165) is 0 Å². The average molecular weight is 456 g/mol. The van der Waals surface area contributed by atoms with Gasteiger partial charge in [0, 0.05) is 19.1 Å². The Morgan fingerprint density at radius 1 is 0.969 bits per heavy atom. The molecule has 2 aromatic rings. The second-order valence-corrected chi connectivity index (χ2v) is 14.9. The number of hydrogen-bond donors (Lipinski definition) is 1. The van der Waals surface area contributed by atoms with Crippen LogP contribution >= 0.6 is 0 Å². The molecule has 0 saturated carbocycles. The Morgan fingerprint density at radius 3 is 1.88 bits per heavy atom. The molecule has 0 aromatic heterocycles. The van der Waals surface area contributed by atoms with Crippen LogP contribution in [-0.4, -0.2) is 55.8 Å². The first-order valence-corrected chi connectivity index (χ1v) is 13.3. The summed E-state index contributed by atoms with van der Waals surface area (Å²) in [6.07, 6.45) is -0.349. The van der Waals surface area contributed by atoms with Crippen LogP contribution in [0.5, 0.6) is 0 Å². The van der Waals surface area contributed by atoms with Gasteiger partial charge in [0.2, 0.25) is 0 Å². The zero-order valence-electron chi connectivity index (χ0n) is 20.2. The largest absolute Gasteiger partial charge is 0.444 e. The fraction of sp³-hybridized carbons (Fsp3) is 0.500. The van der Waals surface area contributed by atoms with Crippen LogP contribution in [0, 0.1) is 5.92 Å². The zero-order chi connectivity index (χ0) is 23.6. The van der Waals surface area contributed by atoms with E-state index < -0.39 is 13.9 Å². The zero-order valence-corrected chi connectivity index (χ0v) is 21.2. The Labute approximate surface area is 193 Å². The summed E-state index contributed by atoms with van der Waals surface area (Å²) in [6.45, 7) is 13.2. The molecule has 174 valence electrons. The standard InChI is InChI=1S/C26H37NO4Si/c1-25(2,3)31-24(29)27-17-20(18-28)23(27)19-30-32(26(4,5)6,21-13-9-7-10-14-21)22-15-11-8-12-16-22/h7-16,20,23,28H,17-19H2,1-6H3/t20-,23-/m0/s1. The van der Waals surface area contributed by atoms with E-state index in [1.54, 1.807) is 4.90 Å². The van der Waals surface area contributed by atoms with Crippen LogP contribution in [0.2, 0.25) is 5.04 Å². The van der Waals surface area contributed by atoms with Crippen molar-refractivity contribution in [3.63, 3.8) is 0 Å². The molecule has 1 saturated heterocycles. The summed E-state index contributed by atoms with van der Waals surface area (Å²) < 4.78 is 12.6. The molecule has 1 aliphatic rings. The number of carbonyl (C=O) groups excluding carboxylic acids is 1. The lowest BCUT2D eigenvalue weighted by molar-refractivity contribution is -0.0566. The van der Waals surface area contributed by atoms with Crippen LogP contribution in [0.1, 0.15) is 41.5 Å². The van der Waals surface area contributed by atoms with E-state index in [-0.39, 0.29) is 29.7 Å². The van der Waals surface area contributed by atoms with E-state index in [0.29, 0.717) is 13.2 Å². The molecule has 2 aromatic carbocycles. The highest BCUT2D eigenvalue weighted by atomic mass is 28.4. The van der Waals surface area contributed by atoms with Crippen LogP contribution in [0.3, 0.4) is 0 Å². The fourth-order valence-electron chi connectivity index (χ4n) is 4.53. The molecule has 3 rings (SSSR count). The average Bonchev–Trinajstić information content (AvgIpc) is 2.70. The molecule has 32 heavy (non-hydrogen) atoms. The monoisotopic (exact) mass is 455 g/mol. The van der Waals surface area contributed by atoms with Crippen molar-refractivity contribution in [2.24, 2.45) is 5.92 Å². The Bertz CT molecular complexity index is 850. The second kappa shape index (κ2) is 9.38. The molecule has 0 spiro atoms. The molecule has 1 aliphatic heterocycles. The van der Waals surface area contributed by atoms with E-state index in [1.807, 2.05) is 32.9 Å². The van der Waals surface area contributed by atoms with E-state index in [9.17, 15) is 9.90 Å². The third-order valence-electron chi connectivity index (χ3n) is 6.13. The molecule has 1 N–H and O–H groups in total. The quantitative estimate of drug-likeness (QED) is 0.674. The molecular formula is C26H37NO4Si. The topological polar surface area (TPSA) is 59.0 Å². The van der Waals surface area contributed by atoms with Crippen molar-refractivity contribution in [1.82, 2.24) is 4.90 Å². The lowest BCUT2D eigenvalue weighted by Crippen LogP contribution is -2.69. The minimum atomic E-state index is -2.71. The van der Waals surface area contributed by atoms with Gasteiger partial charge in [0.25, 0.3) is 8.32 Å². The number of ether oxygens (including phenoxy) is 1. The number of amides is 1. The van der Waals surface area contributed by atoms with Crippen molar-refractivity contribution in [2.45, 2.75) is 58.2 Å². The highest BCUT2D eigenvalue weighted by molar-refractivity contribution is 6.99. The predicted octanol–water partition coefficient (Wildman–Crippen LogP) is 3.79. The van der Waals surface area contributed by atoms with Gasteiger partial charge >= 0.3 is 6.09 Å². The Balaban J connectivity index is 1.96. The molecular weight excluding hydrogens is 418 g/mol. The van der Waals surface area contributed by atoms with Gasteiger partial charge in [0.15, 0.2) is 0 Å². The second-order valence-electron chi connectivity index (χ2n) is 10.6. The summed E-state index contributed by atoms with van der Waals surface area (Å²) in [4.78, 5) is 14.5. The Kier molecular flexibility index (Phi) is 7.17. The molecule has 2 atom stereocenters. The Hall–Kier alpha value is -2.15. The minimum absolute atomic E-state index is 0.0132. The van der Waals surface area contributed by atoms with Gasteiger partial charge in [-0.1, -0.05) is 81.4 Å². The maximum absolute atomic E-state index is 12.8. The number of hydrogen-bond acceptors (Lipinski definition) is 4. The van der Waals surface area contributed by atoms with Gasteiger partial charge in [0.1, 0.15) is 5.60 Å². The van der Waals surface area contributed by atoms with E-state index >= 15 is 0 Å². The molecule has 6 heteroatoms. The van der Waals surface area contributed by atoms with Gasteiger partial charge in [-0.2, -0.15) is 0 Å². The molecule has 1 amide bonds. The minimum Gasteiger partial charge on any atom is -0.444 e. The number of carbonyl (C=O) groups is 1. The molecule has 0 unspecified atom stereocenters. The number of benzene rings is 2. The first-order valence-electron chi connectivity index (χ1n) is 11.3. The maximum atomic E-state index is 12.8. The number of likely N-dealkylation sites (tertiary alicyclic amines) is 1. The molecule has 0 aliphatic carbocycles. The summed E-state index contributed by atoms with van der Waals surface area (Å²) >= 11 is 0. The van der Waals surface area contributed by atoms with Gasteiger partial charge < -0.3 is 19.2 Å². The van der Waals surface area contributed by atoms with Crippen molar-refractivity contribution >= 4 is 24.8 Å². The lowest BCUT2D eigenvalue weighted by atomic mass is 9.90. The van der Waals surface area contributed by atoms with Gasteiger partial charge in [-0.15, -0.1) is 0 Å². The SMILES string of the molecule is CC(C)(C)OC(=O)N1C[C@@H](CO)[C@@H]1CO[Si](c1ccccc1)(c1ccccc1)C(C)(C)C. The molecule has 5 nitrogen and oxygen atoms in total. The van der Waals surface area contributed by atoms with Crippen LogP contribution < -0.4 is 10.4 Å². The first-order chi connectivity index (χ1) is 15.0. The molecule has 1 heterocycles. The van der Waals surface area contributed by atoms with Gasteiger partial charge in [-0.3, -0.25) is 0 Å². The summed E-state index contributed by atoms with van der Waals surface area (Å²) in [5.74, 6) is -0.0132. The molecule has 1 fully saturated rings. The molecule has 0 bridgehead atoms. The van der Waals surface area contributed by atoms with Crippen molar-refractivity contribution in [3.05, 3.63) is 60.7 Å². The van der Waals surface area contributed by atoms with Gasteiger partial charge in [0.05, 0.1) is 12.6 Å². The van der Waals surface area contributed by atoms with Gasteiger partial charge in [-0.05, 0) is 36.2 Å². The summed E-state index contributed by atoms with van der Waals surface area (Å²) in [5.41, 5.74) is -0.565. The normalized spacial score (nSPS) is 19.4. The predicted molar refractivity (Wildman–Crippen MR) is 131 cm³/mol. The van der Waals surface area contributed by atoms with Crippen LogP contribution in [0.25, 0.3) is 0 Å². The fourth-order valence-corrected chi connectivity index (χ4v) is 9.11. The van der Waals surface area contributed by atoms with Crippen LogP contribution in [0.4, 0.5) is 4.79 Å². The van der Waals surface area contributed by atoms with E-state index in [2.05, 4.69) is 69.3 Å². The van der Waals surface area contributed by atoms with Crippen LogP contribution in [-0.2, 0) is 9.16 Å². The van der Waals surface area contributed by atoms with Crippen LogP contribution in [0.15, 0.2) is 60.7 Å². The van der Waals surface area contributed by atoms with E-state index in [4.69, 9.17) is 9.16 Å². The van der Waals surface area contributed by atoms with Crippen molar-refractivity contribution in [1.29, 1.82) is 0 Å². The summed E-state index contributed by atoms with van der Waals surface area (Å²) in [6, 6.07) is 20.7. The Morgan fingerprint density at radius 2 is 1.47 bits per heavy atom. The van der Waals surface area contributed by atoms with Crippen molar-refractivity contribution < 1.29 is 19.1 Å². The molecule has 0 radical (unpaired) electrons. The van der Waals surface area contributed by atoms with E-state index in [1.165, 1.54) is 10.4 Å². The summed E-state index contributed by atoms with van der Waals surface area (Å²) in [5, 5.41) is 12.1. The first kappa shape index (κ1) is 24.5. The third-order valence-corrected chi connectivity index (χ3v) is 11.1. The lowest BCUT2D eigenvalue weighted by Gasteiger charge is -2.50. The van der Waals surface area contributed by atoms with Crippen molar-refractivity contribution in [3.8, 4) is 0 Å². The number of aliphatic hydroxyl groups excluding tert-OH is 1. The highest BCUT2D eigenvalue weighted by Crippen LogP contribution is 2.38. The van der Waals surface area contributed by atoms with Crippen molar-refractivity contribution in [2.75, 3.05) is 19.8 Å². The number of rotatable bonds is 6. The number of aliphatic hydroxyl groups is 1. The number of nitrogens with zero attached hydrogens (tertiary/aromatic N) is 1. The van der Waals surface area contributed by atoms with Gasteiger partial charge in [-0.25, -0.2) is 4.79 Å². The highest BCUT2D eigenvalue weighted by Gasteiger charge is 2.52. The third kappa shape index (κ3) is 4.92. The maximum Gasteiger partial charge on any atom is 0.410 e. The summed E-state index contributed by atoms with van der Waals surface area (Å²) in [7, 11) is -2.71. The smallest absolute Gasteiger partial charge is 0.410 e.